The lowest BCUT2D eigenvalue weighted by Gasteiger charge is -2.34. The first-order valence-electron chi connectivity index (χ1n) is 5.26. The molecule has 80 valence electrons. The fourth-order valence-electron chi connectivity index (χ4n) is 2.32. The van der Waals surface area contributed by atoms with Crippen molar-refractivity contribution in [1.29, 1.82) is 0 Å². The van der Waals surface area contributed by atoms with E-state index in [1.54, 1.807) is 0 Å². The van der Waals surface area contributed by atoms with Gasteiger partial charge in [0.25, 0.3) is 0 Å². The average Bonchev–Trinajstić information content (AvgIpc) is 2.45. The number of ether oxygens (including phenoxy) is 1. The summed E-state index contributed by atoms with van der Waals surface area (Å²) in [5.41, 5.74) is 0. The van der Waals surface area contributed by atoms with Gasteiger partial charge in [0, 0.05) is 19.2 Å². The van der Waals surface area contributed by atoms with Crippen LogP contribution in [0.2, 0.25) is 0 Å². The maximum Gasteiger partial charge on any atom is 0.225 e. The second-order valence-electron chi connectivity index (χ2n) is 4.26. The molecule has 2 heterocycles. The molecule has 0 bridgehead atoms. The van der Waals surface area contributed by atoms with Crippen LogP contribution in [-0.2, 0) is 9.53 Å². The van der Waals surface area contributed by atoms with Gasteiger partial charge in [0.2, 0.25) is 5.91 Å². The summed E-state index contributed by atoms with van der Waals surface area (Å²) in [4.78, 5) is 13.3. The molecule has 0 aliphatic carbocycles. The molecule has 2 aliphatic rings. The monoisotopic (exact) mass is 199 g/mol. The predicted molar refractivity (Wildman–Crippen MR) is 50.8 cm³/mol. The molecule has 2 fully saturated rings. The van der Waals surface area contributed by atoms with Crippen molar-refractivity contribution in [3.63, 3.8) is 0 Å². The summed E-state index contributed by atoms with van der Waals surface area (Å²) < 4.78 is 5.43. The molecule has 0 radical (unpaired) electrons. The molecule has 14 heavy (non-hydrogen) atoms. The number of carbonyl (C=O) groups is 1. The number of amides is 1. The van der Waals surface area contributed by atoms with Gasteiger partial charge in [-0.05, 0) is 19.8 Å². The Labute approximate surface area is 83.8 Å². The van der Waals surface area contributed by atoms with Crippen LogP contribution in [0.25, 0.3) is 0 Å². The molecule has 1 amide bonds. The van der Waals surface area contributed by atoms with Gasteiger partial charge in [0.1, 0.15) is 0 Å². The fourth-order valence-corrected chi connectivity index (χ4v) is 2.32. The summed E-state index contributed by atoms with van der Waals surface area (Å²) in [6.07, 6.45) is 1.88. The molecule has 2 saturated heterocycles. The molecule has 2 aliphatic heterocycles. The minimum Gasteiger partial charge on any atom is -0.391 e. The number of hydrogen-bond acceptors (Lipinski definition) is 3. The highest BCUT2D eigenvalue weighted by Gasteiger charge is 2.35. The van der Waals surface area contributed by atoms with Crippen LogP contribution in [0, 0.1) is 0 Å². The number of rotatable bonds is 1. The molecule has 0 aromatic rings. The van der Waals surface area contributed by atoms with Crippen molar-refractivity contribution in [2.45, 2.75) is 44.4 Å². The van der Waals surface area contributed by atoms with Crippen LogP contribution in [0.3, 0.4) is 0 Å². The van der Waals surface area contributed by atoms with Gasteiger partial charge in [0.15, 0.2) is 0 Å². The van der Waals surface area contributed by atoms with E-state index in [4.69, 9.17) is 4.74 Å². The van der Waals surface area contributed by atoms with Gasteiger partial charge in [-0.3, -0.25) is 4.79 Å². The number of nitrogens with zero attached hydrogens (tertiary/aromatic N) is 1. The van der Waals surface area contributed by atoms with E-state index in [1.165, 1.54) is 0 Å². The minimum atomic E-state index is -0.458. The third-order valence-electron chi connectivity index (χ3n) is 3.04. The van der Waals surface area contributed by atoms with Gasteiger partial charge >= 0.3 is 0 Å². The van der Waals surface area contributed by atoms with Crippen LogP contribution >= 0.6 is 0 Å². The standard InChI is InChI=1S/C10H17NO3/c1-7-4-8(2-3-14-7)11-6-9(12)5-10(11)13/h7-9,12H,2-6H2,1H3. The third kappa shape index (κ3) is 1.91. The number of aliphatic hydroxyl groups is 1. The highest BCUT2D eigenvalue weighted by atomic mass is 16.5. The zero-order chi connectivity index (χ0) is 10.1. The molecule has 3 unspecified atom stereocenters. The Hall–Kier alpha value is -0.610. The first kappa shape index (κ1) is 9.93. The average molecular weight is 199 g/mol. The summed E-state index contributed by atoms with van der Waals surface area (Å²) >= 11 is 0. The van der Waals surface area contributed by atoms with Crippen molar-refractivity contribution in [3.05, 3.63) is 0 Å². The largest absolute Gasteiger partial charge is 0.391 e. The topological polar surface area (TPSA) is 49.8 Å². The number of carbonyl (C=O) groups excluding carboxylic acids is 1. The summed E-state index contributed by atoms with van der Waals surface area (Å²) in [6, 6.07) is 0.281. The molecular formula is C10H17NO3. The van der Waals surface area contributed by atoms with Crippen molar-refractivity contribution in [1.82, 2.24) is 4.90 Å². The second kappa shape index (κ2) is 3.87. The molecule has 3 atom stereocenters. The van der Waals surface area contributed by atoms with Gasteiger partial charge in [-0.25, -0.2) is 0 Å². The molecule has 0 spiro atoms. The minimum absolute atomic E-state index is 0.0941. The van der Waals surface area contributed by atoms with E-state index < -0.39 is 6.10 Å². The Kier molecular flexibility index (Phi) is 2.74. The first-order chi connectivity index (χ1) is 6.66. The van der Waals surface area contributed by atoms with Crippen molar-refractivity contribution in [3.8, 4) is 0 Å². The molecule has 0 aromatic carbocycles. The number of aliphatic hydroxyl groups excluding tert-OH is 1. The summed E-state index contributed by atoms with van der Waals surface area (Å²) in [5, 5.41) is 9.37. The third-order valence-corrected chi connectivity index (χ3v) is 3.04. The lowest BCUT2D eigenvalue weighted by atomic mass is 10.0. The Morgan fingerprint density at radius 3 is 2.93 bits per heavy atom. The molecular weight excluding hydrogens is 182 g/mol. The van der Waals surface area contributed by atoms with Crippen LogP contribution in [0.15, 0.2) is 0 Å². The Bertz CT molecular complexity index is 231. The van der Waals surface area contributed by atoms with Crippen LogP contribution in [0.4, 0.5) is 0 Å². The van der Waals surface area contributed by atoms with Crippen molar-refractivity contribution in [2.24, 2.45) is 0 Å². The SMILES string of the molecule is CC1CC(N2CC(O)CC2=O)CCO1. The predicted octanol–water partition coefficient (Wildman–Crippen LogP) is 0.147. The highest BCUT2D eigenvalue weighted by molar-refractivity contribution is 5.79. The molecule has 1 N–H and O–H groups in total. The fraction of sp³-hybridized carbons (Fsp3) is 0.900. The van der Waals surface area contributed by atoms with E-state index in [0.717, 1.165) is 19.4 Å². The first-order valence-corrected chi connectivity index (χ1v) is 5.26. The van der Waals surface area contributed by atoms with Crippen molar-refractivity contribution >= 4 is 5.91 Å². The molecule has 4 heteroatoms. The van der Waals surface area contributed by atoms with E-state index >= 15 is 0 Å². The van der Waals surface area contributed by atoms with Gasteiger partial charge in [0.05, 0.1) is 18.6 Å². The maximum atomic E-state index is 11.5. The van der Waals surface area contributed by atoms with Crippen LogP contribution in [0.1, 0.15) is 26.2 Å². The molecule has 4 nitrogen and oxygen atoms in total. The van der Waals surface area contributed by atoms with E-state index in [-0.39, 0.29) is 18.1 Å². The molecule has 0 aromatic heterocycles. The van der Waals surface area contributed by atoms with Crippen LogP contribution < -0.4 is 0 Å². The Morgan fingerprint density at radius 1 is 1.57 bits per heavy atom. The van der Waals surface area contributed by atoms with E-state index in [0.29, 0.717) is 13.0 Å². The maximum absolute atomic E-state index is 11.5. The molecule has 0 saturated carbocycles. The van der Waals surface area contributed by atoms with Crippen molar-refractivity contribution in [2.75, 3.05) is 13.2 Å². The summed E-state index contributed by atoms with van der Waals surface area (Å²) in [7, 11) is 0. The Balaban J connectivity index is 1.97. The highest BCUT2D eigenvalue weighted by Crippen LogP contribution is 2.23. The molecule has 2 rings (SSSR count). The number of hydrogen-bond donors (Lipinski definition) is 1. The van der Waals surface area contributed by atoms with E-state index in [2.05, 4.69) is 0 Å². The van der Waals surface area contributed by atoms with E-state index in [9.17, 15) is 9.90 Å². The van der Waals surface area contributed by atoms with E-state index in [1.807, 2.05) is 11.8 Å². The number of β-amino-alcohol motifs (C(OH)–C–C–N with tert-alkyl or cyclic N) is 1. The lowest BCUT2D eigenvalue weighted by molar-refractivity contribution is -0.132. The van der Waals surface area contributed by atoms with Gasteiger partial charge in [-0.15, -0.1) is 0 Å². The number of likely N-dealkylation sites (tertiary alicyclic amines) is 1. The van der Waals surface area contributed by atoms with Gasteiger partial charge < -0.3 is 14.7 Å². The quantitative estimate of drug-likeness (QED) is 0.654. The van der Waals surface area contributed by atoms with Crippen LogP contribution in [-0.4, -0.2) is 47.3 Å². The second-order valence-corrected chi connectivity index (χ2v) is 4.26. The smallest absolute Gasteiger partial charge is 0.225 e. The summed E-state index contributed by atoms with van der Waals surface area (Å²) in [6.45, 7) is 3.27. The Morgan fingerprint density at radius 2 is 2.36 bits per heavy atom. The lowest BCUT2D eigenvalue weighted by Crippen LogP contribution is -2.42. The van der Waals surface area contributed by atoms with Gasteiger partial charge in [-0.2, -0.15) is 0 Å². The van der Waals surface area contributed by atoms with Gasteiger partial charge in [-0.1, -0.05) is 0 Å². The zero-order valence-corrected chi connectivity index (χ0v) is 8.48. The van der Waals surface area contributed by atoms with Crippen LogP contribution in [0.5, 0.6) is 0 Å². The van der Waals surface area contributed by atoms with Crippen molar-refractivity contribution < 1.29 is 14.6 Å². The normalized spacial score (nSPS) is 39.1. The summed E-state index contributed by atoms with van der Waals surface area (Å²) in [5.74, 6) is 0.0941. The zero-order valence-electron chi connectivity index (χ0n) is 8.48.